The second kappa shape index (κ2) is 8.77. The van der Waals surface area contributed by atoms with E-state index in [-0.39, 0.29) is 24.2 Å². The van der Waals surface area contributed by atoms with Gasteiger partial charge < -0.3 is 19.3 Å². The summed E-state index contributed by atoms with van der Waals surface area (Å²) in [7, 11) is 0. The van der Waals surface area contributed by atoms with E-state index in [1.54, 1.807) is 12.1 Å². The molecule has 2 bridgehead atoms. The highest BCUT2D eigenvalue weighted by atomic mass is 35.5. The summed E-state index contributed by atoms with van der Waals surface area (Å²) in [4.78, 5) is 23.4. The van der Waals surface area contributed by atoms with Crippen LogP contribution in [0.5, 0.6) is 0 Å². The summed E-state index contributed by atoms with van der Waals surface area (Å²) in [5, 5.41) is 9.90. The third-order valence-electron chi connectivity index (χ3n) is 8.26. The lowest BCUT2D eigenvalue weighted by molar-refractivity contribution is -0.578. The molecule has 4 aliphatic heterocycles. The molecule has 0 radical (unpaired) electrons. The van der Waals surface area contributed by atoms with Crippen LogP contribution in [0.15, 0.2) is 24.3 Å². The minimum atomic E-state index is -0.860. The first-order chi connectivity index (χ1) is 15.7. The molecule has 1 saturated carbocycles. The summed E-state index contributed by atoms with van der Waals surface area (Å²) in [6.45, 7) is 6.32. The first kappa shape index (κ1) is 23.5. The maximum atomic E-state index is 11.3. The van der Waals surface area contributed by atoms with E-state index in [9.17, 15) is 9.90 Å². The number of carbonyl (C=O) groups is 1. The summed E-state index contributed by atoms with van der Waals surface area (Å²) in [6, 6.07) is 7.34. The summed E-state index contributed by atoms with van der Waals surface area (Å²) >= 11 is 6.07. The second-order valence-electron chi connectivity index (χ2n) is 10.4. The molecule has 7 nitrogen and oxygen atoms in total. The number of rotatable bonds is 6. The average molecular weight is 481 g/mol. The number of aliphatic carboxylic acids is 1. The molecular weight excluding hydrogens is 448 g/mol. The Morgan fingerprint density at radius 3 is 2.67 bits per heavy atom. The molecule has 1 spiro atoms. The quantitative estimate of drug-likeness (QED) is 0.540. The first-order valence-electron chi connectivity index (χ1n) is 12.0. The van der Waals surface area contributed by atoms with Crippen LogP contribution in [0.1, 0.15) is 71.0 Å². The fraction of sp³-hybridized carbons (Fsp3) is 0.720. The predicted octanol–water partition coefficient (Wildman–Crippen LogP) is 5.47. The van der Waals surface area contributed by atoms with Gasteiger partial charge in [0.1, 0.15) is 0 Å². The average Bonchev–Trinajstić information content (AvgIpc) is 3.01. The smallest absolute Gasteiger partial charge is 0.303 e. The van der Waals surface area contributed by atoms with Gasteiger partial charge in [-0.25, -0.2) is 9.78 Å². The van der Waals surface area contributed by atoms with Crippen molar-refractivity contribution < 1.29 is 33.9 Å². The number of fused-ring (bicyclic) bond motifs is 2. The van der Waals surface area contributed by atoms with E-state index >= 15 is 0 Å². The normalized spacial score (nSPS) is 42.9. The molecule has 4 saturated heterocycles. The molecule has 1 N–H and O–H groups in total. The van der Waals surface area contributed by atoms with Crippen molar-refractivity contribution in [2.24, 2.45) is 23.7 Å². The molecular formula is C25H33ClO7. The number of carboxylic acid groups (broad SMARTS) is 1. The Morgan fingerprint density at radius 2 is 1.94 bits per heavy atom. The van der Waals surface area contributed by atoms with Crippen molar-refractivity contribution in [1.29, 1.82) is 0 Å². The van der Waals surface area contributed by atoms with Gasteiger partial charge in [-0.1, -0.05) is 37.6 Å². The largest absolute Gasteiger partial charge is 0.481 e. The standard InChI is InChI=1S/C25H33ClO7/c1-14-4-9-19-15(2)22(29-20(10-11-21(27)28)16-5-7-17(26)8-6-16)30-23-25(19)18(14)12-13-24(3,31-23)32-33-25/h5-8,14-15,18-20,22-23H,4,9-13H2,1-3H3,(H,27,28)/t14-,15-,18+,19?,20+,22+,23-,24-,25-/m1/s1. The van der Waals surface area contributed by atoms with E-state index in [0.717, 1.165) is 31.2 Å². The fourth-order valence-corrected chi connectivity index (χ4v) is 6.56. The molecule has 5 fully saturated rings. The predicted molar refractivity (Wildman–Crippen MR) is 119 cm³/mol. The van der Waals surface area contributed by atoms with Gasteiger partial charge in [-0.3, -0.25) is 4.79 Å². The van der Waals surface area contributed by atoms with Gasteiger partial charge >= 0.3 is 5.97 Å². The minimum Gasteiger partial charge on any atom is -0.481 e. The molecule has 8 heteroatoms. The van der Waals surface area contributed by atoms with Crippen LogP contribution in [0.25, 0.3) is 0 Å². The van der Waals surface area contributed by atoms with E-state index in [2.05, 4.69) is 13.8 Å². The van der Waals surface area contributed by atoms with Crippen molar-refractivity contribution in [3.05, 3.63) is 34.9 Å². The summed E-state index contributed by atoms with van der Waals surface area (Å²) in [5.74, 6) is -0.765. The first-order valence-corrected chi connectivity index (χ1v) is 12.4. The van der Waals surface area contributed by atoms with Crippen molar-refractivity contribution in [3.63, 3.8) is 0 Å². The molecule has 1 aromatic rings. The molecule has 6 rings (SSSR count). The van der Waals surface area contributed by atoms with E-state index < -0.39 is 36.0 Å². The van der Waals surface area contributed by atoms with Crippen LogP contribution in [-0.4, -0.2) is 35.0 Å². The number of benzene rings is 1. The Morgan fingerprint density at radius 1 is 1.18 bits per heavy atom. The van der Waals surface area contributed by atoms with Crippen LogP contribution < -0.4 is 0 Å². The van der Waals surface area contributed by atoms with Gasteiger partial charge in [-0.2, -0.15) is 0 Å². The molecule has 5 aliphatic rings. The van der Waals surface area contributed by atoms with Crippen LogP contribution in [0, 0.1) is 23.7 Å². The number of carboxylic acids is 1. The lowest BCUT2D eigenvalue weighted by Gasteiger charge is -2.60. The molecule has 0 amide bonds. The summed E-state index contributed by atoms with van der Waals surface area (Å²) < 4.78 is 19.4. The van der Waals surface area contributed by atoms with Gasteiger partial charge in [-0.15, -0.1) is 0 Å². The highest BCUT2D eigenvalue weighted by Gasteiger charge is 2.69. The lowest BCUT2D eigenvalue weighted by atomic mass is 9.58. The molecule has 33 heavy (non-hydrogen) atoms. The van der Waals surface area contributed by atoms with E-state index in [1.807, 2.05) is 19.1 Å². The topological polar surface area (TPSA) is 83.5 Å². The monoisotopic (exact) mass is 480 g/mol. The molecule has 0 aromatic heterocycles. The SMILES string of the molecule is C[C@@H]1CCC2[C@@H](C)[C@@H](O[C@@H](CCC(=O)O)c3ccc(Cl)cc3)O[C@@H]3O[C@@]4(C)CC[C@@H]1[C@@]23OO4. The number of hydrogen-bond acceptors (Lipinski definition) is 6. The lowest BCUT2D eigenvalue weighted by Crippen LogP contribution is -2.70. The van der Waals surface area contributed by atoms with Crippen LogP contribution in [0.3, 0.4) is 0 Å². The van der Waals surface area contributed by atoms with Gasteiger partial charge in [0, 0.05) is 29.7 Å². The molecule has 1 aliphatic carbocycles. The maximum absolute atomic E-state index is 11.3. The Labute approximate surface area is 199 Å². The van der Waals surface area contributed by atoms with Crippen LogP contribution in [-0.2, 0) is 28.8 Å². The van der Waals surface area contributed by atoms with Crippen molar-refractivity contribution in [1.82, 2.24) is 0 Å². The van der Waals surface area contributed by atoms with Gasteiger partial charge in [0.05, 0.1) is 6.10 Å². The number of halogens is 1. The van der Waals surface area contributed by atoms with Crippen LogP contribution in [0.2, 0.25) is 5.02 Å². The van der Waals surface area contributed by atoms with Crippen LogP contribution >= 0.6 is 11.6 Å². The summed E-state index contributed by atoms with van der Waals surface area (Å²) in [5.41, 5.74) is 0.228. The van der Waals surface area contributed by atoms with Crippen molar-refractivity contribution in [2.75, 3.05) is 0 Å². The third-order valence-corrected chi connectivity index (χ3v) is 8.51. The van der Waals surface area contributed by atoms with E-state index in [1.165, 1.54) is 0 Å². The van der Waals surface area contributed by atoms with Crippen molar-refractivity contribution in [2.45, 2.75) is 89.4 Å². The van der Waals surface area contributed by atoms with E-state index in [0.29, 0.717) is 17.4 Å². The van der Waals surface area contributed by atoms with Crippen molar-refractivity contribution in [3.8, 4) is 0 Å². The minimum absolute atomic E-state index is 0.00367. The number of ether oxygens (including phenoxy) is 3. The van der Waals surface area contributed by atoms with E-state index in [4.69, 9.17) is 35.6 Å². The molecule has 1 unspecified atom stereocenters. The van der Waals surface area contributed by atoms with Gasteiger partial charge in [0.2, 0.25) is 5.79 Å². The second-order valence-corrected chi connectivity index (χ2v) is 10.8. The highest BCUT2D eigenvalue weighted by Crippen LogP contribution is 2.60. The van der Waals surface area contributed by atoms with Gasteiger partial charge in [0.15, 0.2) is 18.2 Å². The Balaban J connectivity index is 1.43. The van der Waals surface area contributed by atoms with Crippen molar-refractivity contribution >= 4 is 17.6 Å². The Bertz CT molecular complexity index is 878. The Hall–Kier alpha value is -1.22. The molecule has 1 aromatic carbocycles. The molecule has 4 heterocycles. The van der Waals surface area contributed by atoms with Crippen LogP contribution in [0.4, 0.5) is 0 Å². The van der Waals surface area contributed by atoms with Gasteiger partial charge in [-0.05, 0) is 62.1 Å². The molecule has 182 valence electrons. The fourth-order valence-electron chi connectivity index (χ4n) is 6.43. The zero-order valence-electron chi connectivity index (χ0n) is 19.4. The maximum Gasteiger partial charge on any atom is 0.303 e. The highest BCUT2D eigenvalue weighted by molar-refractivity contribution is 6.30. The third kappa shape index (κ3) is 4.11. The number of hydrogen-bond donors (Lipinski definition) is 1. The zero-order chi connectivity index (χ0) is 23.4. The molecule has 9 atom stereocenters. The summed E-state index contributed by atoms with van der Waals surface area (Å²) in [6.07, 6.45) is 2.56. The van der Waals surface area contributed by atoms with Gasteiger partial charge in [0.25, 0.3) is 0 Å². The Kier molecular flexibility index (Phi) is 6.25. The zero-order valence-corrected chi connectivity index (χ0v) is 20.1.